The summed E-state index contributed by atoms with van der Waals surface area (Å²) >= 11 is 0. The number of fused-ring (bicyclic) bond motifs is 1. The second kappa shape index (κ2) is 7.79. The smallest absolute Gasteiger partial charge is 0.336 e. The third kappa shape index (κ3) is 3.91. The first-order valence-electron chi connectivity index (χ1n) is 7.84. The lowest BCUT2D eigenvalue weighted by Gasteiger charge is -2.23. The van der Waals surface area contributed by atoms with Crippen LogP contribution >= 0.6 is 17.0 Å². The van der Waals surface area contributed by atoms with Crippen LogP contribution in [0.15, 0.2) is 33.5 Å². The molecule has 2 aromatic rings. The molecule has 0 aliphatic carbocycles. The highest BCUT2D eigenvalue weighted by Crippen LogP contribution is 2.23. The van der Waals surface area contributed by atoms with Crippen molar-refractivity contribution < 1.29 is 14.0 Å². The zero-order valence-corrected chi connectivity index (χ0v) is 15.5. The van der Waals surface area contributed by atoms with Crippen LogP contribution in [-0.4, -0.2) is 35.8 Å². The molecule has 1 atom stereocenters. The number of hydrogen-bond acceptors (Lipinski definition) is 5. The summed E-state index contributed by atoms with van der Waals surface area (Å²) in [5.74, 6) is -0.489. The van der Waals surface area contributed by atoms with Crippen molar-refractivity contribution in [2.24, 2.45) is 5.73 Å². The van der Waals surface area contributed by atoms with Crippen molar-refractivity contribution in [1.29, 1.82) is 0 Å². The Labute approximate surface area is 154 Å². The van der Waals surface area contributed by atoms with E-state index in [9.17, 15) is 14.4 Å². The summed E-state index contributed by atoms with van der Waals surface area (Å²) in [5.41, 5.74) is 6.71. The third-order valence-electron chi connectivity index (χ3n) is 4.27. The predicted octanol–water partition coefficient (Wildman–Crippen LogP) is 1.57. The van der Waals surface area contributed by atoms with Crippen molar-refractivity contribution >= 4 is 45.5 Å². The molecule has 1 aliphatic rings. The standard InChI is InChI=1S/C17H19N3O4.BrH/c1-10-7-16(22)24-14-8-11(4-5-12(10)14)19-17(23)13-3-2-6-20(13)15(21)9-18;/h4-5,7-8,13H,2-3,6,9,18H2,1H3,(H,19,23);1H/t13-;/m0./s1. The normalized spacial score (nSPS) is 16.6. The van der Waals surface area contributed by atoms with Gasteiger partial charge in [0, 0.05) is 29.8 Å². The van der Waals surface area contributed by atoms with Crippen LogP contribution in [0, 0.1) is 6.92 Å². The Morgan fingerprint density at radius 2 is 2.12 bits per heavy atom. The molecule has 2 heterocycles. The maximum atomic E-state index is 12.5. The summed E-state index contributed by atoms with van der Waals surface area (Å²) in [7, 11) is 0. The van der Waals surface area contributed by atoms with Gasteiger partial charge in [0.25, 0.3) is 0 Å². The van der Waals surface area contributed by atoms with Gasteiger partial charge in [-0.25, -0.2) is 4.79 Å². The van der Waals surface area contributed by atoms with Crippen molar-refractivity contribution in [1.82, 2.24) is 4.90 Å². The first-order valence-corrected chi connectivity index (χ1v) is 7.84. The maximum absolute atomic E-state index is 12.5. The average Bonchev–Trinajstić information content (AvgIpc) is 3.03. The van der Waals surface area contributed by atoms with E-state index in [-0.39, 0.29) is 35.3 Å². The molecule has 1 aromatic carbocycles. The summed E-state index contributed by atoms with van der Waals surface area (Å²) in [6, 6.07) is 6.07. The summed E-state index contributed by atoms with van der Waals surface area (Å²) < 4.78 is 5.18. The molecule has 3 N–H and O–H groups in total. The number of aryl methyl sites for hydroxylation is 1. The molecule has 0 bridgehead atoms. The Morgan fingerprint density at radius 1 is 1.36 bits per heavy atom. The molecule has 1 aliphatic heterocycles. The van der Waals surface area contributed by atoms with E-state index in [0.717, 1.165) is 17.4 Å². The summed E-state index contributed by atoms with van der Waals surface area (Å²) in [5, 5.41) is 3.60. The number of benzene rings is 1. The molecule has 0 saturated carbocycles. The first-order chi connectivity index (χ1) is 11.5. The van der Waals surface area contributed by atoms with E-state index >= 15 is 0 Å². The van der Waals surface area contributed by atoms with Crippen molar-refractivity contribution in [2.45, 2.75) is 25.8 Å². The summed E-state index contributed by atoms with van der Waals surface area (Å²) in [6.45, 7) is 2.26. The molecule has 1 fully saturated rings. The summed E-state index contributed by atoms with van der Waals surface area (Å²) in [6.07, 6.45) is 1.38. The van der Waals surface area contributed by atoms with Gasteiger partial charge in [-0.05, 0) is 37.5 Å². The van der Waals surface area contributed by atoms with Crippen LogP contribution in [0.4, 0.5) is 5.69 Å². The van der Waals surface area contributed by atoms with Crippen molar-refractivity contribution in [3.05, 3.63) is 40.2 Å². The fourth-order valence-corrected chi connectivity index (χ4v) is 3.08. The molecule has 3 rings (SSSR count). The maximum Gasteiger partial charge on any atom is 0.336 e. The van der Waals surface area contributed by atoms with Crippen LogP contribution in [-0.2, 0) is 9.59 Å². The molecule has 1 aromatic heterocycles. The molecule has 7 nitrogen and oxygen atoms in total. The van der Waals surface area contributed by atoms with Gasteiger partial charge in [0.15, 0.2) is 0 Å². The number of halogens is 1. The van der Waals surface area contributed by atoms with E-state index in [1.807, 2.05) is 6.92 Å². The highest BCUT2D eigenvalue weighted by Gasteiger charge is 2.33. The average molecular weight is 410 g/mol. The summed E-state index contributed by atoms with van der Waals surface area (Å²) in [4.78, 5) is 37.3. The lowest BCUT2D eigenvalue weighted by molar-refractivity contribution is -0.135. The molecule has 8 heteroatoms. The van der Waals surface area contributed by atoms with Gasteiger partial charge < -0.3 is 20.4 Å². The molecule has 1 saturated heterocycles. The molecule has 134 valence electrons. The molecule has 0 radical (unpaired) electrons. The van der Waals surface area contributed by atoms with Gasteiger partial charge in [-0.2, -0.15) is 0 Å². The Kier molecular flexibility index (Phi) is 5.97. The number of carbonyl (C=O) groups is 2. The van der Waals surface area contributed by atoms with Gasteiger partial charge in [-0.3, -0.25) is 9.59 Å². The Hall–Kier alpha value is -2.19. The minimum Gasteiger partial charge on any atom is -0.423 e. The first kappa shape index (κ1) is 19.1. The molecule has 2 amide bonds. The Bertz CT molecular complexity index is 865. The number of anilines is 1. The number of carbonyl (C=O) groups excluding carboxylic acids is 2. The quantitative estimate of drug-likeness (QED) is 0.748. The SMILES string of the molecule is Br.Cc1cc(=O)oc2cc(NC(=O)[C@@H]3CCCN3C(=O)CN)ccc12. The molecular weight excluding hydrogens is 390 g/mol. The predicted molar refractivity (Wildman–Crippen MR) is 100.0 cm³/mol. The number of likely N-dealkylation sites (tertiary alicyclic amines) is 1. The van der Waals surface area contributed by atoms with Crippen LogP contribution < -0.4 is 16.7 Å². The van der Waals surface area contributed by atoms with E-state index < -0.39 is 11.7 Å². The van der Waals surface area contributed by atoms with Crippen LogP contribution in [0.1, 0.15) is 18.4 Å². The minimum atomic E-state index is -0.513. The topological polar surface area (TPSA) is 106 Å². The van der Waals surface area contributed by atoms with Crippen LogP contribution in [0.3, 0.4) is 0 Å². The molecular formula is C17H20BrN3O4. The molecule has 0 unspecified atom stereocenters. The van der Waals surface area contributed by atoms with Gasteiger partial charge >= 0.3 is 5.63 Å². The van der Waals surface area contributed by atoms with Crippen LogP contribution in [0.25, 0.3) is 11.0 Å². The van der Waals surface area contributed by atoms with Crippen LogP contribution in [0.5, 0.6) is 0 Å². The zero-order valence-electron chi connectivity index (χ0n) is 13.8. The van der Waals surface area contributed by atoms with E-state index in [0.29, 0.717) is 24.2 Å². The van der Waals surface area contributed by atoms with Gasteiger partial charge in [0.2, 0.25) is 11.8 Å². The van der Waals surface area contributed by atoms with Gasteiger partial charge in [0.1, 0.15) is 11.6 Å². The van der Waals surface area contributed by atoms with Crippen LogP contribution in [0.2, 0.25) is 0 Å². The number of nitrogens with zero attached hydrogens (tertiary/aromatic N) is 1. The van der Waals surface area contributed by atoms with E-state index in [2.05, 4.69) is 5.32 Å². The Morgan fingerprint density at radius 3 is 2.84 bits per heavy atom. The molecule has 25 heavy (non-hydrogen) atoms. The fourth-order valence-electron chi connectivity index (χ4n) is 3.08. The number of rotatable bonds is 3. The fraction of sp³-hybridized carbons (Fsp3) is 0.353. The highest BCUT2D eigenvalue weighted by atomic mass is 79.9. The van der Waals surface area contributed by atoms with E-state index in [1.54, 1.807) is 18.2 Å². The van der Waals surface area contributed by atoms with Crippen molar-refractivity contribution in [3.8, 4) is 0 Å². The number of nitrogens with one attached hydrogen (secondary N) is 1. The highest BCUT2D eigenvalue weighted by molar-refractivity contribution is 8.93. The molecule has 0 spiro atoms. The van der Waals surface area contributed by atoms with Gasteiger partial charge in [-0.1, -0.05) is 0 Å². The number of amides is 2. The third-order valence-corrected chi connectivity index (χ3v) is 4.27. The second-order valence-electron chi connectivity index (χ2n) is 5.90. The van der Waals surface area contributed by atoms with E-state index in [1.165, 1.54) is 11.0 Å². The second-order valence-corrected chi connectivity index (χ2v) is 5.90. The Balaban J connectivity index is 0.00000225. The number of nitrogens with two attached hydrogens (primary N) is 1. The van der Waals surface area contributed by atoms with Crippen molar-refractivity contribution in [2.75, 3.05) is 18.4 Å². The zero-order chi connectivity index (χ0) is 17.3. The van der Waals surface area contributed by atoms with Crippen molar-refractivity contribution in [3.63, 3.8) is 0 Å². The van der Waals surface area contributed by atoms with E-state index in [4.69, 9.17) is 10.2 Å². The largest absolute Gasteiger partial charge is 0.423 e. The van der Waals surface area contributed by atoms with Gasteiger partial charge in [0.05, 0.1) is 6.54 Å². The minimum absolute atomic E-state index is 0. The lowest BCUT2D eigenvalue weighted by Crippen LogP contribution is -2.45. The monoisotopic (exact) mass is 409 g/mol. The van der Waals surface area contributed by atoms with Gasteiger partial charge in [-0.15, -0.1) is 17.0 Å². The lowest BCUT2D eigenvalue weighted by atomic mass is 10.1. The number of hydrogen-bond donors (Lipinski definition) is 2.